The van der Waals surface area contributed by atoms with Crippen LogP contribution in [-0.4, -0.2) is 14.8 Å². The Kier molecular flexibility index (Phi) is 5.17. The summed E-state index contributed by atoms with van der Waals surface area (Å²) in [4.78, 5) is 22.0. The van der Waals surface area contributed by atoms with Gasteiger partial charge in [-0.2, -0.15) is 30.3 Å². The summed E-state index contributed by atoms with van der Waals surface area (Å²) in [5, 5.41) is 4.39. The second kappa shape index (κ2) is 6.64. The van der Waals surface area contributed by atoms with Gasteiger partial charge in [-0.3, -0.25) is 0 Å². The molecule has 3 rings (SSSR count). The number of nitrogens with zero attached hydrogens (tertiary/aromatic N) is 1. The van der Waals surface area contributed by atoms with Crippen LogP contribution in [0, 0.1) is 0 Å². The van der Waals surface area contributed by atoms with Crippen molar-refractivity contribution in [2.24, 2.45) is 0 Å². The first kappa shape index (κ1) is 14.0. The molecule has 0 radical (unpaired) electrons. The first-order valence-electron chi connectivity index (χ1n) is 5.07. The molecule has 2 aromatic carbocycles. The van der Waals surface area contributed by atoms with E-state index in [0.717, 1.165) is 4.57 Å². The van der Waals surface area contributed by atoms with E-state index in [0.29, 0.717) is 5.69 Å². The Balaban J connectivity index is 0.000000230. The minimum Gasteiger partial charge on any atom is -0.247 e. The maximum Gasteiger partial charge on any atom is 2.00 e. The fourth-order valence-electron chi connectivity index (χ4n) is 1.38. The van der Waals surface area contributed by atoms with Gasteiger partial charge in [0, 0.05) is 0 Å². The minimum absolute atomic E-state index is 0. The molecule has 1 heterocycles. The third kappa shape index (κ3) is 3.23. The SMILES string of the molecule is O=c1[nH][nH]c(=O)n1-c1ccc[cH-]1.[Fe+2].c1cc[cH-]c1. The van der Waals surface area contributed by atoms with Crippen LogP contribution in [0.4, 0.5) is 0 Å². The molecule has 0 saturated carbocycles. The molecular weight excluding hydrogens is 274 g/mol. The van der Waals surface area contributed by atoms with E-state index in [4.69, 9.17) is 0 Å². The third-order valence-corrected chi connectivity index (χ3v) is 2.14. The molecule has 3 aromatic rings. The molecule has 0 aliphatic heterocycles. The molecule has 0 fully saturated rings. The van der Waals surface area contributed by atoms with Crippen molar-refractivity contribution in [2.75, 3.05) is 0 Å². The number of hydrogen-bond donors (Lipinski definition) is 2. The summed E-state index contributed by atoms with van der Waals surface area (Å²) in [6, 6.07) is 16.9. The maximum atomic E-state index is 11.0. The zero-order valence-corrected chi connectivity index (χ0v) is 10.4. The van der Waals surface area contributed by atoms with Crippen LogP contribution in [-0.2, 0) is 17.1 Å². The molecule has 94 valence electrons. The molecule has 0 bridgehead atoms. The van der Waals surface area contributed by atoms with Crippen LogP contribution in [0.2, 0.25) is 0 Å². The predicted molar refractivity (Wildman–Crippen MR) is 64.6 cm³/mol. The molecule has 0 spiro atoms. The first-order chi connectivity index (χ1) is 8.29. The molecule has 5 nitrogen and oxygen atoms in total. The van der Waals surface area contributed by atoms with Crippen molar-refractivity contribution in [3.8, 4) is 5.69 Å². The summed E-state index contributed by atoms with van der Waals surface area (Å²) in [5.41, 5.74) is -0.333. The largest absolute Gasteiger partial charge is 2.00 e. The number of aromatic nitrogens is 3. The Labute approximate surface area is 113 Å². The van der Waals surface area contributed by atoms with Gasteiger partial charge < -0.3 is 0 Å². The van der Waals surface area contributed by atoms with Crippen LogP contribution in [0.5, 0.6) is 0 Å². The topological polar surface area (TPSA) is 70.7 Å². The second-order valence-electron chi connectivity index (χ2n) is 3.30. The Hall–Kier alpha value is -2.04. The zero-order valence-electron chi connectivity index (χ0n) is 9.31. The van der Waals surface area contributed by atoms with Crippen molar-refractivity contribution in [1.82, 2.24) is 14.8 Å². The van der Waals surface area contributed by atoms with E-state index >= 15 is 0 Å². The van der Waals surface area contributed by atoms with Gasteiger partial charge in [-0.15, -0.1) is 6.07 Å². The van der Waals surface area contributed by atoms with Gasteiger partial charge >= 0.3 is 28.4 Å². The van der Waals surface area contributed by atoms with Crippen molar-refractivity contribution in [1.29, 1.82) is 0 Å². The van der Waals surface area contributed by atoms with Crippen molar-refractivity contribution >= 4 is 0 Å². The van der Waals surface area contributed by atoms with Crippen molar-refractivity contribution in [3.63, 3.8) is 0 Å². The van der Waals surface area contributed by atoms with Crippen molar-refractivity contribution in [3.05, 3.63) is 75.6 Å². The van der Waals surface area contributed by atoms with Crippen molar-refractivity contribution < 1.29 is 17.1 Å². The van der Waals surface area contributed by atoms with E-state index in [1.807, 2.05) is 30.3 Å². The summed E-state index contributed by atoms with van der Waals surface area (Å²) in [6.07, 6.45) is 0. The molecule has 1 aromatic heterocycles. The van der Waals surface area contributed by atoms with Crippen LogP contribution in [0.15, 0.2) is 64.2 Å². The maximum absolute atomic E-state index is 11.0. The molecular formula is C12H11FeN3O2. The summed E-state index contributed by atoms with van der Waals surface area (Å²) in [6.45, 7) is 0. The average molecular weight is 285 g/mol. The van der Waals surface area contributed by atoms with Gasteiger partial charge in [0.25, 0.3) is 0 Å². The molecule has 0 aliphatic carbocycles. The van der Waals surface area contributed by atoms with Gasteiger partial charge in [0.1, 0.15) is 0 Å². The quantitative estimate of drug-likeness (QED) is 0.517. The van der Waals surface area contributed by atoms with Gasteiger partial charge in [0.05, 0.1) is 0 Å². The van der Waals surface area contributed by atoms with E-state index < -0.39 is 11.4 Å². The average Bonchev–Trinajstić information content (AvgIpc) is 3.02. The molecule has 18 heavy (non-hydrogen) atoms. The molecule has 0 atom stereocenters. The Morgan fingerprint density at radius 3 is 1.94 bits per heavy atom. The third-order valence-electron chi connectivity index (χ3n) is 2.14. The normalized spacial score (nSPS) is 9.11. The van der Waals surface area contributed by atoms with Crippen molar-refractivity contribution in [2.45, 2.75) is 0 Å². The molecule has 2 N–H and O–H groups in total. The van der Waals surface area contributed by atoms with Gasteiger partial charge in [-0.05, 0) is 0 Å². The monoisotopic (exact) mass is 285 g/mol. The number of nitrogens with one attached hydrogen (secondary N) is 2. The number of aromatic amines is 2. The predicted octanol–water partition coefficient (Wildman–Crippen LogP) is 0.976. The summed E-state index contributed by atoms with van der Waals surface area (Å²) < 4.78 is 1.03. The minimum atomic E-state index is -0.453. The van der Waals surface area contributed by atoms with E-state index in [2.05, 4.69) is 10.2 Å². The Morgan fingerprint density at radius 1 is 0.944 bits per heavy atom. The van der Waals surface area contributed by atoms with Crippen LogP contribution in [0.3, 0.4) is 0 Å². The summed E-state index contributed by atoms with van der Waals surface area (Å²) in [5.74, 6) is 0. The van der Waals surface area contributed by atoms with E-state index in [9.17, 15) is 9.59 Å². The van der Waals surface area contributed by atoms with Crippen LogP contribution < -0.4 is 11.4 Å². The van der Waals surface area contributed by atoms with Gasteiger partial charge in [-0.25, -0.2) is 42.6 Å². The summed E-state index contributed by atoms with van der Waals surface area (Å²) in [7, 11) is 0. The number of rotatable bonds is 1. The molecule has 6 heteroatoms. The van der Waals surface area contributed by atoms with Gasteiger partial charge in [0.15, 0.2) is 0 Å². The smallest absolute Gasteiger partial charge is 0.247 e. The fourth-order valence-corrected chi connectivity index (χ4v) is 1.38. The zero-order chi connectivity index (χ0) is 12.1. The standard InChI is InChI=1S/C7H6N3O2.C5H5.Fe/c11-6-8-9-7(12)10(6)5-3-1-2-4-5;1-2-4-5-3-1;/h1-4H,(H,8,11)(H,9,12);1-5H;/q2*-1;+2. The number of H-pyrrole nitrogens is 2. The summed E-state index contributed by atoms with van der Waals surface area (Å²) >= 11 is 0. The molecule has 0 saturated heterocycles. The molecule has 0 unspecified atom stereocenters. The Morgan fingerprint density at radius 2 is 1.56 bits per heavy atom. The van der Waals surface area contributed by atoms with E-state index in [-0.39, 0.29) is 17.1 Å². The van der Waals surface area contributed by atoms with Crippen LogP contribution in [0.25, 0.3) is 5.69 Å². The Bertz CT molecular complexity index is 599. The molecule has 0 amide bonds. The van der Waals surface area contributed by atoms with Crippen LogP contribution in [0.1, 0.15) is 0 Å². The fraction of sp³-hybridized carbons (Fsp3) is 0. The van der Waals surface area contributed by atoms with Gasteiger partial charge in [-0.1, -0.05) is 5.69 Å². The van der Waals surface area contributed by atoms with E-state index in [1.54, 1.807) is 24.3 Å². The number of hydrogen-bond acceptors (Lipinski definition) is 2. The van der Waals surface area contributed by atoms with E-state index in [1.165, 1.54) is 0 Å². The van der Waals surface area contributed by atoms with Gasteiger partial charge in [0.2, 0.25) is 0 Å². The molecule has 0 aliphatic rings. The first-order valence-corrected chi connectivity index (χ1v) is 5.07. The van der Waals surface area contributed by atoms with Crippen LogP contribution >= 0.6 is 0 Å². The second-order valence-corrected chi connectivity index (χ2v) is 3.30.